The molecule has 1 aliphatic rings. The van der Waals surface area contributed by atoms with Gasteiger partial charge in [-0.15, -0.1) is 0 Å². The number of nitrogens with zero attached hydrogens (tertiary/aromatic N) is 1. The molecule has 0 amide bonds. The Morgan fingerprint density at radius 3 is 2.65 bits per heavy atom. The van der Waals surface area contributed by atoms with Crippen LogP contribution in [-0.2, 0) is 0 Å². The lowest BCUT2D eigenvalue weighted by Gasteiger charge is -2.30. The summed E-state index contributed by atoms with van der Waals surface area (Å²) in [6.07, 6.45) is -0.108. The Morgan fingerprint density at radius 2 is 1.91 bits per heavy atom. The lowest BCUT2D eigenvalue weighted by Crippen LogP contribution is -2.43. The lowest BCUT2D eigenvalue weighted by molar-refractivity contribution is 0.0784. The Labute approximate surface area is 139 Å². The van der Waals surface area contributed by atoms with Crippen molar-refractivity contribution in [3.63, 3.8) is 0 Å². The third kappa shape index (κ3) is 3.90. The second-order valence-electron chi connectivity index (χ2n) is 5.32. The van der Waals surface area contributed by atoms with Crippen molar-refractivity contribution in [2.75, 3.05) is 25.5 Å². The van der Waals surface area contributed by atoms with Crippen LogP contribution in [0.4, 0.5) is 10.1 Å². The summed E-state index contributed by atoms with van der Waals surface area (Å²) in [5.74, 6) is 1.23. The van der Waals surface area contributed by atoms with Gasteiger partial charge in [-0.25, -0.2) is 4.39 Å². The predicted octanol–water partition coefficient (Wildman–Crippen LogP) is 3.29. The second kappa shape index (κ2) is 6.83. The maximum absolute atomic E-state index is 12.9. The van der Waals surface area contributed by atoms with Crippen LogP contribution in [0.1, 0.15) is 0 Å². The van der Waals surface area contributed by atoms with Gasteiger partial charge in [-0.2, -0.15) is 0 Å². The number of hydrogen-bond acceptors (Lipinski definition) is 3. The molecule has 120 valence electrons. The molecular weight excluding hydrogens is 315 g/mol. The van der Waals surface area contributed by atoms with Gasteiger partial charge < -0.3 is 19.7 Å². The highest BCUT2D eigenvalue weighted by molar-refractivity contribution is 7.80. The van der Waals surface area contributed by atoms with Crippen LogP contribution in [0, 0.1) is 5.82 Å². The van der Waals surface area contributed by atoms with Crippen LogP contribution >= 0.6 is 12.2 Å². The first-order valence-electron chi connectivity index (χ1n) is 7.28. The molecule has 0 unspecified atom stereocenters. The maximum atomic E-state index is 12.9. The molecule has 0 aromatic heterocycles. The number of nitrogens with one attached hydrogen (secondary N) is 1. The summed E-state index contributed by atoms with van der Waals surface area (Å²) in [6.45, 7) is 1.06. The lowest BCUT2D eigenvalue weighted by atomic mass is 10.2. The first-order chi connectivity index (χ1) is 11.1. The van der Waals surface area contributed by atoms with Gasteiger partial charge in [-0.05, 0) is 48.6 Å². The Balaban J connectivity index is 1.56. The first kappa shape index (κ1) is 15.6. The molecule has 2 aromatic carbocycles. The number of likely N-dealkylation sites (N-methyl/N-ethyl adjacent to an activating group) is 1. The van der Waals surface area contributed by atoms with Crippen molar-refractivity contribution in [1.82, 2.24) is 4.90 Å². The van der Waals surface area contributed by atoms with Crippen LogP contribution in [-0.4, -0.2) is 36.3 Å². The molecule has 0 saturated carbocycles. The molecule has 3 rings (SSSR count). The molecule has 0 radical (unpaired) electrons. The number of halogens is 1. The van der Waals surface area contributed by atoms with Crippen molar-refractivity contribution in [2.24, 2.45) is 0 Å². The summed E-state index contributed by atoms with van der Waals surface area (Å²) in [7, 11) is 1.88. The van der Waals surface area contributed by atoms with E-state index in [0.717, 1.165) is 17.2 Å². The number of fused-ring (bicyclic) bond motifs is 1. The summed E-state index contributed by atoms with van der Waals surface area (Å²) in [6, 6.07) is 13.7. The number of rotatable bonds is 3. The molecule has 0 saturated heterocycles. The average Bonchev–Trinajstić information content (AvgIpc) is 2.56. The van der Waals surface area contributed by atoms with Crippen LogP contribution in [0.15, 0.2) is 48.5 Å². The zero-order valence-electron chi connectivity index (χ0n) is 12.7. The molecule has 1 N–H and O–H groups in total. The molecule has 0 aliphatic carbocycles. The van der Waals surface area contributed by atoms with E-state index in [1.165, 1.54) is 12.1 Å². The molecule has 1 heterocycles. The highest BCUT2D eigenvalue weighted by atomic mass is 32.1. The van der Waals surface area contributed by atoms with E-state index >= 15 is 0 Å². The highest BCUT2D eigenvalue weighted by Crippen LogP contribution is 2.30. The largest absolute Gasteiger partial charge is 0.486 e. The molecule has 1 aliphatic heterocycles. The fourth-order valence-electron chi connectivity index (χ4n) is 2.29. The first-order valence-corrected chi connectivity index (χ1v) is 7.69. The SMILES string of the molecule is CN(C[C@@H]1COc2ccccc2O1)C(=S)Nc1ccc(F)cc1. The monoisotopic (exact) mass is 332 g/mol. The number of ether oxygens (including phenoxy) is 2. The number of benzene rings is 2. The third-order valence-corrected chi connectivity index (χ3v) is 3.90. The van der Waals surface area contributed by atoms with Crippen molar-refractivity contribution in [1.29, 1.82) is 0 Å². The van der Waals surface area contributed by atoms with Crippen molar-refractivity contribution in [3.8, 4) is 11.5 Å². The zero-order chi connectivity index (χ0) is 16.2. The van der Waals surface area contributed by atoms with Gasteiger partial charge in [0.15, 0.2) is 22.7 Å². The summed E-state index contributed by atoms with van der Waals surface area (Å²) >= 11 is 5.36. The van der Waals surface area contributed by atoms with Crippen molar-refractivity contribution in [3.05, 3.63) is 54.3 Å². The molecule has 0 spiro atoms. The third-order valence-electron chi connectivity index (χ3n) is 3.49. The van der Waals surface area contributed by atoms with Gasteiger partial charge in [-0.1, -0.05) is 12.1 Å². The van der Waals surface area contributed by atoms with Gasteiger partial charge in [0.05, 0.1) is 6.54 Å². The van der Waals surface area contributed by atoms with E-state index in [4.69, 9.17) is 21.7 Å². The minimum absolute atomic E-state index is 0.108. The minimum atomic E-state index is -0.277. The van der Waals surface area contributed by atoms with Gasteiger partial charge in [-0.3, -0.25) is 0 Å². The minimum Gasteiger partial charge on any atom is -0.486 e. The normalized spacial score (nSPS) is 15.8. The smallest absolute Gasteiger partial charge is 0.173 e. The summed E-state index contributed by atoms with van der Waals surface area (Å²) in [5.41, 5.74) is 0.745. The summed E-state index contributed by atoms with van der Waals surface area (Å²) in [4.78, 5) is 1.88. The van der Waals surface area contributed by atoms with Crippen LogP contribution < -0.4 is 14.8 Å². The van der Waals surface area contributed by atoms with Crippen LogP contribution in [0.25, 0.3) is 0 Å². The number of para-hydroxylation sites is 2. The second-order valence-corrected chi connectivity index (χ2v) is 5.70. The molecule has 2 aromatic rings. The van der Waals surface area contributed by atoms with E-state index in [0.29, 0.717) is 18.3 Å². The maximum Gasteiger partial charge on any atom is 0.173 e. The Bertz CT molecular complexity index is 693. The van der Waals surface area contributed by atoms with Crippen LogP contribution in [0.5, 0.6) is 11.5 Å². The molecule has 6 heteroatoms. The summed E-state index contributed by atoms with van der Waals surface area (Å²) in [5, 5.41) is 3.61. The predicted molar refractivity (Wildman–Crippen MR) is 91.6 cm³/mol. The fraction of sp³-hybridized carbons (Fsp3) is 0.235. The van der Waals surface area contributed by atoms with E-state index in [-0.39, 0.29) is 11.9 Å². The molecular formula is C17H17FN2O2S. The van der Waals surface area contributed by atoms with Gasteiger partial charge in [0, 0.05) is 12.7 Å². The van der Waals surface area contributed by atoms with Gasteiger partial charge >= 0.3 is 0 Å². The molecule has 4 nitrogen and oxygen atoms in total. The van der Waals surface area contributed by atoms with Crippen molar-refractivity contribution >= 4 is 23.0 Å². The van der Waals surface area contributed by atoms with Crippen molar-refractivity contribution in [2.45, 2.75) is 6.10 Å². The molecule has 0 fully saturated rings. The van der Waals surface area contributed by atoms with Crippen LogP contribution in [0.2, 0.25) is 0 Å². The van der Waals surface area contributed by atoms with Crippen molar-refractivity contribution < 1.29 is 13.9 Å². The van der Waals surface area contributed by atoms with Gasteiger partial charge in [0.25, 0.3) is 0 Å². The average molecular weight is 332 g/mol. The van der Waals surface area contributed by atoms with E-state index in [1.54, 1.807) is 12.1 Å². The number of thiocarbonyl (C=S) groups is 1. The van der Waals surface area contributed by atoms with E-state index in [1.807, 2.05) is 36.2 Å². The topological polar surface area (TPSA) is 33.7 Å². The van der Waals surface area contributed by atoms with Gasteiger partial charge in [0.2, 0.25) is 0 Å². The van der Waals surface area contributed by atoms with Gasteiger partial charge in [0.1, 0.15) is 12.4 Å². The number of anilines is 1. The fourth-order valence-corrected chi connectivity index (χ4v) is 2.49. The Kier molecular flexibility index (Phi) is 4.62. The van der Waals surface area contributed by atoms with Crippen LogP contribution in [0.3, 0.4) is 0 Å². The van der Waals surface area contributed by atoms with E-state index in [9.17, 15) is 4.39 Å². The Morgan fingerprint density at radius 1 is 1.22 bits per heavy atom. The Hall–Kier alpha value is -2.34. The molecule has 23 heavy (non-hydrogen) atoms. The molecule has 0 bridgehead atoms. The van der Waals surface area contributed by atoms with E-state index in [2.05, 4.69) is 5.32 Å². The quantitative estimate of drug-likeness (QED) is 0.872. The zero-order valence-corrected chi connectivity index (χ0v) is 13.5. The highest BCUT2D eigenvalue weighted by Gasteiger charge is 2.22. The number of hydrogen-bond donors (Lipinski definition) is 1. The molecule has 1 atom stereocenters. The summed E-state index contributed by atoms with van der Waals surface area (Å²) < 4.78 is 24.5. The standard InChI is InChI=1S/C17H17FN2O2S/c1-20(17(23)19-13-8-6-12(18)7-9-13)10-14-11-21-15-4-2-3-5-16(15)22-14/h2-9,14H,10-11H2,1H3,(H,19,23)/t14-/m1/s1. The van der Waals surface area contributed by atoms with E-state index < -0.39 is 0 Å².